The molecule has 152 valence electrons. The first kappa shape index (κ1) is 20.0. The van der Waals surface area contributed by atoms with Crippen molar-refractivity contribution in [3.8, 4) is 11.4 Å². The predicted octanol–water partition coefficient (Wildman–Crippen LogP) is 4.32. The van der Waals surface area contributed by atoms with Gasteiger partial charge in [-0.15, -0.1) is 28.1 Å². The molecule has 3 aromatic rings. The molecule has 1 unspecified atom stereocenters. The Morgan fingerprint density at radius 3 is 3.21 bits per heavy atom. The molecule has 1 aliphatic rings. The third kappa shape index (κ3) is 4.48. The highest BCUT2D eigenvalue weighted by molar-refractivity contribution is 7.99. The van der Waals surface area contributed by atoms with Crippen LogP contribution in [0.4, 0.5) is 0 Å². The van der Waals surface area contributed by atoms with Gasteiger partial charge in [-0.05, 0) is 42.9 Å². The van der Waals surface area contributed by atoms with Gasteiger partial charge in [0, 0.05) is 22.4 Å². The summed E-state index contributed by atoms with van der Waals surface area (Å²) in [4.78, 5) is 13.7. The van der Waals surface area contributed by atoms with Crippen LogP contribution in [0.15, 0.2) is 46.0 Å². The molecule has 0 spiro atoms. The van der Waals surface area contributed by atoms with Crippen molar-refractivity contribution in [2.75, 3.05) is 5.75 Å². The minimum absolute atomic E-state index is 0.0667. The summed E-state index contributed by atoms with van der Waals surface area (Å²) in [7, 11) is 0. The predicted molar refractivity (Wildman–Crippen MR) is 116 cm³/mol. The van der Waals surface area contributed by atoms with E-state index >= 15 is 0 Å². The van der Waals surface area contributed by atoms with Gasteiger partial charge < -0.3 is 9.73 Å². The number of nitrogens with one attached hydrogen (secondary N) is 1. The van der Waals surface area contributed by atoms with Crippen LogP contribution in [-0.4, -0.2) is 26.4 Å². The SMILES string of the molecule is C=CCn1c(SCC(=O)NCc2ccco2)nnc1-c1csc2c1CCC(C)C2. The maximum absolute atomic E-state index is 12.2. The highest BCUT2D eigenvalue weighted by atomic mass is 32.2. The topological polar surface area (TPSA) is 73.0 Å². The molecule has 0 saturated carbocycles. The summed E-state index contributed by atoms with van der Waals surface area (Å²) < 4.78 is 7.29. The zero-order valence-corrected chi connectivity index (χ0v) is 18.0. The minimum atomic E-state index is -0.0667. The van der Waals surface area contributed by atoms with Gasteiger partial charge >= 0.3 is 0 Å². The number of amides is 1. The smallest absolute Gasteiger partial charge is 0.230 e. The highest BCUT2D eigenvalue weighted by Gasteiger charge is 2.24. The van der Waals surface area contributed by atoms with Crippen LogP contribution in [-0.2, 0) is 30.7 Å². The molecule has 1 N–H and O–H groups in total. The van der Waals surface area contributed by atoms with Crippen molar-refractivity contribution < 1.29 is 9.21 Å². The van der Waals surface area contributed by atoms with Crippen LogP contribution in [0.3, 0.4) is 0 Å². The highest BCUT2D eigenvalue weighted by Crippen LogP contribution is 2.38. The van der Waals surface area contributed by atoms with E-state index in [1.54, 1.807) is 12.3 Å². The van der Waals surface area contributed by atoms with E-state index in [4.69, 9.17) is 4.42 Å². The molecule has 0 saturated heterocycles. The molecule has 1 aliphatic carbocycles. The fraction of sp³-hybridized carbons (Fsp3) is 0.381. The minimum Gasteiger partial charge on any atom is -0.467 e. The second-order valence-electron chi connectivity index (χ2n) is 7.25. The Bertz CT molecular complexity index is 991. The van der Waals surface area contributed by atoms with Crippen molar-refractivity contribution in [1.82, 2.24) is 20.1 Å². The van der Waals surface area contributed by atoms with Gasteiger partial charge in [-0.2, -0.15) is 0 Å². The largest absolute Gasteiger partial charge is 0.467 e. The van der Waals surface area contributed by atoms with Crippen LogP contribution in [0.1, 0.15) is 29.5 Å². The zero-order valence-electron chi connectivity index (χ0n) is 16.4. The average molecular weight is 429 g/mol. The number of thioether (sulfide) groups is 1. The number of carbonyl (C=O) groups excluding carboxylic acids is 1. The van der Waals surface area contributed by atoms with E-state index in [9.17, 15) is 4.79 Å². The van der Waals surface area contributed by atoms with Gasteiger partial charge in [-0.3, -0.25) is 9.36 Å². The van der Waals surface area contributed by atoms with Gasteiger partial charge in [0.15, 0.2) is 11.0 Å². The van der Waals surface area contributed by atoms with Crippen molar-refractivity contribution in [3.05, 3.63) is 52.6 Å². The second-order valence-corrected chi connectivity index (χ2v) is 9.16. The Kier molecular flexibility index (Phi) is 6.20. The lowest BCUT2D eigenvalue weighted by molar-refractivity contribution is -0.118. The summed E-state index contributed by atoms with van der Waals surface area (Å²) in [5, 5.41) is 14.6. The van der Waals surface area contributed by atoms with E-state index in [2.05, 4.69) is 39.0 Å². The lowest BCUT2D eigenvalue weighted by Gasteiger charge is -2.19. The molecule has 8 heteroatoms. The number of rotatable bonds is 8. The Balaban J connectivity index is 1.47. The molecule has 0 bridgehead atoms. The fourth-order valence-corrected chi connectivity index (χ4v) is 5.55. The molecule has 3 aromatic heterocycles. The van der Waals surface area contributed by atoms with E-state index in [1.165, 1.54) is 34.2 Å². The van der Waals surface area contributed by atoms with E-state index in [-0.39, 0.29) is 11.7 Å². The van der Waals surface area contributed by atoms with Crippen LogP contribution in [0.2, 0.25) is 0 Å². The lowest BCUT2D eigenvalue weighted by Crippen LogP contribution is -2.24. The van der Waals surface area contributed by atoms with Gasteiger partial charge in [0.05, 0.1) is 18.6 Å². The standard InChI is InChI=1S/C21H24N4O2S2/c1-3-8-25-20(17-12-28-18-10-14(2)6-7-16(17)18)23-24-21(25)29-13-19(26)22-11-15-5-4-9-27-15/h3-5,9,12,14H,1,6-8,10-11,13H2,2H3,(H,22,26). The number of furan rings is 1. The number of fused-ring (bicyclic) bond motifs is 1. The molecular formula is C21H24N4O2S2. The van der Waals surface area contributed by atoms with Crippen molar-refractivity contribution in [3.63, 3.8) is 0 Å². The quantitative estimate of drug-likeness (QED) is 0.427. The van der Waals surface area contributed by atoms with E-state index < -0.39 is 0 Å². The molecule has 1 atom stereocenters. The molecule has 0 aromatic carbocycles. The molecular weight excluding hydrogens is 404 g/mol. The summed E-state index contributed by atoms with van der Waals surface area (Å²) in [6.07, 6.45) is 6.89. The first-order chi connectivity index (χ1) is 14.2. The van der Waals surface area contributed by atoms with E-state index in [0.29, 0.717) is 13.1 Å². The summed E-state index contributed by atoms with van der Waals surface area (Å²) >= 11 is 3.21. The Morgan fingerprint density at radius 2 is 2.41 bits per heavy atom. The Labute approximate surface area is 178 Å². The van der Waals surface area contributed by atoms with Gasteiger partial charge in [-0.25, -0.2) is 0 Å². The van der Waals surface area contributed by atoms with Crippen LogP contribution in [0.25, 0.3) is 11.4 Å². The second kappa shape index (κ2) is 9.00. The molecule has 0 aliphatic heterocycles. The third-order valence-electron chi connectivity index (χ3n) is 5.04. The number of carbonyl (C=O) groups is 1. The van der Waals surface area contributed by atoms with Gasteiger partial charge in [0.2, 0.25) is 5.91 Å². The molecule has 3 heterocycles. The van der Waals surface area contributed by atoms with E-state index in [1.807, 2.05) is 23.5 Å². The molecule has 0 radical (unpaired) electrons. The number of hydrogen-bond donors (Lipinski definition) is 1. The monoisotopic (exact) mass is 428 g/mol. The molecule has 29 heavy (non-hydrogen) atoms. The number of aromatic nitrogens is 3. The van der Waals surface area contributed by atoms with Crippen LogP contribution < -0.4 is 5.32 Å². The third-order valence-corrected chi connectivity index (χ3v) is 7.06. The first-order valence-corrected chi connectivity index (χ1v) is 11.6. The molecule has 1 amide bonds. The maximum Gasteiger partial charge on any atom is 0.230 e. The van der Waals surface area contributed by atoms with Crippen molar-refractivity contribution in [2.24, 2.45) is 5.92 Å². The Morgan fingerprint density at radius 1 is 1.52 bits per heavy atom. The summed E-state index contributed by atoms with van der Waals surface area (Å²) in [5.41, 5.74) is 2.60. The summed E-state index contributed by atoms with van der Waals surface area (Å²) in [6, 6.07) is 3.64. The van der Waals surface area contributed by atoms with Gasteiger partial charge in [0.25, 0.3) is 0 Å². The van der Waals surface area contributed by atoms with Crippen molar-refractivity contribution in [1.29, 1.82) is 0 Å². The zero-order chi connectivity index (χ0) is 20.2. The van der Waals surface area contributed by atoms with Crippen molar-refractivity contribution in [2.45, 2.75) is 44.4 Å². The summed E-state index contributed by atoms with van der Waals surface area (Å²) in [5.74, 6) is 2.55. The van der Waals surface area contributed by atoms with Crippen LogP contribution in [0, 0.1) is 5.92 Å². The van der Waals surface area contributed by atoms with Gasteiger partial charge in [0.1, 0.15) is 5.76 Å². The number of thiophene rings is 1. The normalized spacial score (nSPS) is 15.8. The number of allylic oxidation sites excluding steroid dienone is 1. The molecule has 6 nitrogen and oxygen atoms in total. The number of nitrogens with zero attached hydrogens (tertiary/aromatic N) is 3. The van der Waals surface area contributed by atoms with E-state index in [0.717, 1.165) is 35.5 Å². The summed E-state index contributed by atoms with van der Waals surface area (Å²) in [6.45, 7) is 7.19. The first-order valence-electron chi connectivity index (χ1n) is 9.71. The fourth-order valence-electron chi connectivity index (χ4n) is 3.53. The Hall–Kier alpha value is -2.32. The molecule has 0 fully saturated rings. The maximum atomic E-state index is 12.2. The van der Waals surface area contributed by atoms with Crippen molar-refractivity contribution >= 4 is 29.0 Å². The van der Waals surface area contributed by atoms with Crippen LogP contribution in [0.5, 0.6) is 0 Å². The molecule has 4 rings (SSSR count). The lowest BCUT2D eigenvalue weighted by atomic mass is 9.88. The average Bonchev–Trinajstić information content (AvgIpc) is 3.45. The van der Waals surface area contributed by atoms with Crippen LogP contribution >= 0.6 is 23.1 Å². The number of hydrogen-bond acceptors (Lipinski definition) is 6. The van der Waals surface area contributed by atoms with Gasteiger partial charge in [-0.1, -0.05) is 24.8 Å².